The van der Waals surface area contributed by atoms with E-state index in [1.807, 2.05) is 0 Å². The van der Waals surface area contributed by atoms with E-state index >= 15 is 0 Å². The van der Waals surface area contributed by atoms with Crippen molar-refractivity contribution >= 4 is 0 Å². The lowest BCUT2D eigenvalue weighted by Gasteiger charge is -2.28. The fourth-order valence-corrected chi connectivity index (χ4v) is 8.54. The van der Waals surface area contributed by atoms with E-state index in [0.717, 1.165) is 19.5 Å². The predicted octanol–water partition coefficient (Wildman–Crippen LogP) is 18.8. The monoisotopic (exact) mass is 774 g/mol. The lowest BCUT2D eigenvalue weighted by molar-refractivity contribution is -0.00626. The lowest BCUT2D eigenvalue weighted by Crippen LogP contribution is -2.36. The van der Waals surface area contributed by atoms with Crippen LogP contribution >= 0.6 is 0 Å². The van der Waals surface area contributed by atoms with E-state index in [4.69, 9.17) is 0 Å². The van der Waals surface area contributed by atoms with Crippen molar-refractivity contribution in [1.82, 2.24) is 4.90 Å². The van der Waals surface area contributed by atoms with Crippen LogP contribution in [0.2, 0.25) is 0 Å². The highest BCUT2D eigenvalue weighted by atomic mass is 16.3. The summed E-state index contributed by atoms with van der Waals surface area (Å²) in [6.45, 7) is 9.12. The maximum Gasteiger partial charge on any atom is 0.107 e. The van der Waals surface area contributed by atoms with Gasteiger partial charge in [0, 0.05) is 13.1 Å². The van der Waals surface area contributed by atoms with Crippen LogP contribution in [-0.4, -0.2) is 29.3 Å². The minimum atomic E-state index is -0.222. The van der Waals surface area contributed by atoms with Crippen LogP contribution in [0.5, 0.6) is 0 Å². The standard InChI is InChI=1S/C53H107NO/c1-4-7-10-13-16-19-22-25-27-28-29-30-31-34-37-40-43-46-49-52-54(51-48-45-42-39-36-33-26-23-20-17-14-11-8-5-2)53(55)50-47-44-41-38-35-32-24-21-18-15-12-9-6-3/h25,27,53,55H,4-24,26,28-52H2,1-3H3/b27-25-. The highest BCUT2D eigenvalue weighted by Crippen LogP contribution is 2.18. The van der Waals surface area contributed by atoms with Crippen molar-refractivity contribution in [2.75, 3.05) is 13.1 Å². The van der Waals surface area contributed by atoms with Crippen LogP contribution in [0.1, 0.15) is 310 Å². The summed E-state index contributed by atoms with van der Waals surface area (Å²) in [5.41, 5.74) is 0. The van der Waals surface area contributed by atoms with Crippen molar-refractivity contribution in [2.45, 2.75) is 316 Å². The van der Waals surface area contributed by atoms with Crippen LogP contribution in [0, 0.1) is 0 Å². The smallest absolute Gasteiger partial charge is 0.107 e. The van der Waals surface area contributed by atoms with E-state index in [-0.39, 0.29) is 6.23 Å². The van der Waals surface area contributed by atoms with Crippen molar-refractivity contribution in [2.24, 2.45) is 0 Å². The Morgan fingerprint density at radius 3 is 0.782 bits per heavy atom. The first-order valence-corrected chi connectivity index (χ1v) is 26.3. The highest BCUT2D eigenvalue weighted by molar-refractivity contribution is 4.81. The molecule has 1 atom stereocenters. The summed E-state index contributed by atoms with van der Waals surface area (Å²) in [7, 11) is 0. The normalized spacial score (nSPS) is 12.5. The lowest BCUT2D eigenvalue weighted by atomic mass is 10.0. The fraction of sp³-hybridized carbons (Fsp3) is 0.962. The molecule has 55 heavy (non-hydrogen) atoms. The minimum absolute atomic E-state index is 0.222. The van der Waals surface area contributed by atoms with Gasteiger partial charge in [-0.25, -0.2) is 0 Å². The number of aliphatic hydroxyl groups excluding tert-OH is 1. The maximum atomic E-state index is 11.3. The number of allylic oxidation sites excluding steroid dienone is 2. The van der Waals surface area contributed by atoms with Gasteiger partial charge >= 0.3 is 0 Å². The van der Waals surface area contributed by atoms with Crippen LogP contribution in [0.4, 0.5) is 0 Å². The molecule has 0 aromatic rings. The Bertz CT molecular complexity index is 690. The topological polar surface area (TPSA) is 23.5 Å². The van der Waals surface area contributed by atoms with E-state index in [1.165, 1.54) is 283 Å². The molecule has 0 radical (unpaired) electrons. The van der Waals surface area contributed by atoms with Crippen LogP contribution in [0.25, 0.3) is 0 Å². The van der Waals surface area contributed by atoms with Crippen molar-refractivity contribution in [1.29, 1.82) is 0 Å². The van der Waals surface area contributed by atoms with Crippen LogP contribution in [-0.2, 0) is 0 Å². The number of rotatable bonds is 49. The largest absolute Gasteiger partial charge is 0.378 e. The average molecular weight is 774 g/mol. The van der Waals surface area contributed by atoms with Gasteiger partial charge < -0.3 is 5.11 Å². The average Bonchev–Trinajstić information content (AvgIpc) is 3.19. The highest BCUT2D eigenvalue weighted by Gasteiger charge is 2.14. The second-order valence-corrected chi connectivity index (χ2v) is 18.1. The molecule has 0 spiro atoms. The number of hydrogen-bond donors (Lipinski definition) is 1. The number of nitrogens with zero attached hydrogens (tertiary/aromatic N) is 1. The third-order valence-corrected chi connectivity index (χ3v) is 12.5. The van der Waals surface area contributed by atoms with Gasteiger partial charge in [0.05, 0.1) is 0 Å². The number of aliphatic hydroxyl groups is 1. The van der Waals surface area contributed by atoms with Crippen LogP contribution < -0.4 is 0 Å². The first-order chi connectivity index (χ1) is 27.3. The van der Waals surface area contributed by atoms with E-state index in [9.17, 15) is 5.11 Å². The number of unbranched alkanes of at least 4 members (excludes halogenated alkanes) is 40. The fourth-order valence-electron chi connectivity index (χ4n) is 8.54. The molecule has 0 aliphatic heterocycles. The maximum absolute atomic E-state index is 11.3. The van der Waals surface area contributed by atoms with Gasteiger partial charge in [-0.3, -0.25) is 4.90 Å². The Balaban J connectivity index is 4.07. The third-order valence-electron chi connectivity index (χ3n) is 12.5. The molecule has 330 valence electrons. The first kappa shape index (κ1) is 54.7. The molecule has 1 N–H and O–H groups in total. The van der Waals surface area contributed by atoms with Crippen molar-refractivity contribution in [3.05, 3.63) is 12.2 Å². The summed E-state index contributed by atoms with van der Waals surface area (Å²) in [5.74, 6) is 0. The molecule has 2 nitrogen and oxygen atoms in total. The molecule has 0 aromatic heterocycles. The Morgan fingerprint density at radius 1 is 0.291 bits per heavy atom. The van der Waals surface area contributed by atoms with E-state index < -0.39 is 0 Å². The molecule has 0 rings (SSSR count). The van der Waals surface area contributed by atoms with Crippen molar-refractivity contribution in [3.8, 4) is 0 Å². The molecule has 0 aliphatic rings. The Kier molecular flexibility index (Phi) is 49.5. The van der Waals surface area contributed by atoms with Gasteiger partial charge in [-0.05, 0) is 51.4 Å². The second kappa shape index (κ2) is 49.8. The molecule has 0 fully saturated rings. The van der Waals surface area contributed by atoms with Gasteiger partial charge in [-0.1, -0.05) is 270 Å². The summed E-state index contributed by atoms with van der Waals surface area (Å²) < 4.78 is 0. The Morgan fingerprint density at radius 2 is 0.509 bits per heavy atom. The van der Waals surface area contributed by atoms with E-state index in [2.05, 4.69) is 37.8 Å². The molecule has 0 amide bonds. The van der Waals surface area contributed by atoms with Gasteiger partial charge in [0.2, 0.25) is 0 Å². The zero-order valence-electron chi connectivity index (χ0n) is 38.9. The molecule has 2 heteroatoms. The van der Waals surface area contributed by atoms with Gasteiger partial charge in [0.25, 0.3) is 0 Å². The Labute approximate surface area is 350 Å². The summed E-state index contributed by atoms with van der Waals surface area (Å²) in [6, 6.07) is 0. The zero-order valence-corrected chi connectivity index (χ0v) is 38.9. The molecular formula is C53H107NO. The van der Waals surface area contributed by atoms with Gasteiger partial charge in [-0.2, -0.15) is 0 Å². The SMILES string of the molecule is CCCCCCCC/C=C\CCCCCCCCCCCN(CCCCCCCCCCCCCCCC)C(O)CCCCCCCCCCCCCCC. The molecule has 0 aromatic carbocycles. The molecule has 0 heterocycles. The quantitative estimate of drug-likeness (QED) is 0.0378. The Hall–Kier alpha value is -0.340. The summed E-state index contributed by atoms with van der Waals surface area (Å²) in [6.07, 6.45) is 67.0. The van der Waals surface area contributed by atoms with Crippen LogP contribution in [0.3, 0.4) is 0 Å². The van der Waals surface area contributed by atoms with Crippen molar-refractivity contribution < 1.29 is 5.11 Å². The molecule has 0 saturated carbocycles. The van der Waals surface area contributed by atoms with Crippen LogP contribution in [0.15, 0.2) is 12.2 Å². The first-order valence-electron chi connectivity index (χ1n) is 26.3. The molecular weight excluding hydrogens is 667 g/mol. The molecule has 1 unspecified atom stereocenters. The van der Waals surface area contributed by atoms with Crippen molar-refractivity contribution in [3.63, 3.8) is 0 Å². The zero-order chi connectivity index (χ0) is 39.8. The number of hydrogen-bond acceptors (Lipinski definition) is 2. The second-order valence-electron chi connectivity index (χ2n) is 18.1. The van der Waals surface area contributed by atoms with Gasteiger partial charge in [-0.15, -0.1) is 0 Å². The third kappa shape index (κ3) is 46.2. The summed E-state index contributed by atoms with van der Waals surface area (Å²) >= 11 is 0. The van der Waals surface area contributed by atoms with Gasteiger partial charge in [0.15, 0.2) is 0 Å². The molecule has 0 bridgehead atoms. The van der Waals surface area contributed by atoms with E-state index in [0.29, 0.717) is 0 Å². The molecule has 0 aliphatic carbocycles. The summed E-state index contributed by atoms with van der Waals surface area (Å²) in [4.78, 5) is 2.48. The van der Waals surface area contributed by atoms with Gasteiger partial charge in [0.1, 0.15) is 6.23 Å². The molecule has 0 saturated heterocycles. The summed E-state index contributed by atoms with van der Waals surface area (Å²) in [5, 5.41) is 11.3. The minimum Gasteiger partial charge on any atom is -0.378 e. The predicted molar refractivity (Wildman–Crippen MR) is 252 cm³/mol. The van der Waals surface area contributed by atoms with E-state index in [1.54, 1.807) is 0 Å².